The van der Waals surface area contributed by atoms with Gasteiger partial charge in [0.2, 0.25) is 15.9 Å². The maximum absolute atomic E-state index is 12.8. The quantitative estimate of drug-likeness (QED) is 0.700. The number of carbonyl (C=O) groups is 1. The van der Waals surface area contributed by atoms with E-state index in [1.807, 2.05) is 6.92 Å². The molecule has 162 valence electrons. The summed E-state index contributed by atoms with van der Waals surface area (Å²) in [6, 6.07) is 10.6. The van der Waals surface area contributed by atoms with Gasteiger partial charge in [-0.1, -0.05) is 29.3 Å². The number of nitrogens with one attached hydrogen (secondary N) is 1. The van der Waals surface area contributed by atoms with Gasteiger partial charge in [0.25, 0.3) is 0 Å². The lowest BCUT2D eigenvalue weighted by Crippen LogP contribution is -2.41. The van der Waals surface area contributed by atoms with Crippen molar-refractivity contribution in [1.29, 1.82) is 0 Å². The number of nitrogens with zero attached hydrogens (tertiary/aromatic N) is 1. The molecule has 0 aliphatic carbocycles. The zero-order valence-corrected chi connectivity index (χ0v) is 17.7. The molecule has 0 aromatic heterocycles. The molecular formula is C20H21ClF2N2O4S. The highest BCUT2D eigenvalue weighted by molar-refractivity contribution is 7.89. The number of hydrogen-bond donors (Lipinski definition) is 1. The van der Waals surface area contributed by atoms with Crippen molar-refractivity contribution in [1.82, 2.24) is 4.31 Å². The predicted molar refractivity (Wildman–Crippen MR) is 109 cm³/mol. The number of amides is 1. The monoisotopic (exact) mass is 458 g/mol. The number of sulfonamides is 1. The van der Waals surface area contributed by atoms with Gasteiger partial charge in [0.1, 0.15) is 5.75 Å². The Bertz CT molecular complexity index is 1010. The van der Waals surface area contributed by atoms with Crippen molar-refractivity contribution >= 4 is 33.2 Å². The lowest BCUT2D eigenvalue weighted by molar-refractivity contribution is -0.120. The first-order valence-electron chi connectivity index (χ1n) is 9.29. The van der Waals surface area contributed by atoms with E-state index in [0.29, 0.717) is 18.5 Å². The Morgan fingerprint density at radius 3 is 2.37 bits per heavy atom. The number of anilines is 1. The number of benzene rings is 2. The van der Waals surface area contributed by atoms with Crippen LogP contribution in [0.25, 0.3) is 0 Å². The van der Waals surface area contributed by atoms with Crippen LogP contribution in [0.4, 0.5) is 14.5 Å². The van der Waals surface area contributed by atoms with E-state index in [-0.39, 0.29) is 40.6 Å². The van der Waals surface area contributed by atoms with E-state index in [9.17, 15) is 22.0 Å². The Balaban J connectivity index is 1.59. The van der Waals surface area contributed by atoms with Gasteiger partial charge in [0.15, 0.2) is 0 Å². The van der Waals surface area contributed by atoms with E-state index < -0.39 is 16.6 Å². The van der Waals surface area contributed by atoms with Gasteiger partial charge >= 0.3 is 6.61 Å². The Kier molecular flexibility index (Phi) is 6.95. The average molecular weight is 459 g/mol. The first-order chi connectivity index (χ1) is 14.2. The fraction of sp³-hybridized carbons (Fsp3) is 0.350. The molecule has 0 unspecified atom stereocenters. The minimum Gasteiger partial charge on any atom is -0.433 e. The molecule has 1 aliphatic heterocycles. The normalized spacial score (nSPS) is 15.9. The van der Waals surface area contributed by atoms with E-state index in [0.717, 1.165) is 5.56 Å². The Hall–Kier alpha value is -2.23. The van der Waals surface area contributed by atoms with Gasteiger partial charge in [0.05, 0.1) is 9.92 Å². The summed E-state index contributed by atoms with van der Waals surface area (Å²) in [5.74, 6) is -0.828. The number of alkyl halides is 2. The van der Waals surface area contributed by atoms with Crippen LogP contribution in [0.1, 0.15) is 18.4 Å². The molecule has 1 heterocycles. The zero-order chi connectivity index (χ0) is 21.9. The van der Waals surface area contributed by atoms with E-state index in [4.69, 9.17) is 11.6 Å². The lowest BCUT2D eigenvalue weighted by atomic mass is 9.97. The highest BCUT2D eigenvalue weighted by atomic mass is 35.5. The van der Waals surface area contributed by atoms with Gasteiger partial charge in [-0.25, -0.2) is 8.42 Å². The number of aryl methyl sites for hydroxylation is 1. The van der Waals surface area contributed by atoms with Gasteiger partial charge < -0.3 is 10.1 Å². The molecule has 1 fully saturated rings. The maximum Gasteiger partial charge on any atom is 0.387 e. The highest BCUT2D eigenvalue weighted by Crippen LogP contribution is 2.30. The van der Waals surface area contributed by atoms with E-state index in [1.165, 1.54) is 22.5 Å². The summed E-state index contributed by atoms with van der Waals surface area (Å²) in [6.07, 6.45) is 0.745. The predicted octanol–water partition coefficient (Wildman–Crippen LogP) is 4.29. The van der Waals surface area contributed by atoms with E-state index in [2.05, 4.69) is 10.1 Å². The SMILES string of the molecule is Cc1ccc(S(=O)(=O)N2CCC(C(=O)Nc3ccc(OC(F)F)c(Cl)c3)CC2)cc1. The second-order valence-corrected chi connectivity index (χ2v) is 9.35. The van der Waals surface area contributed by atoms with Crippen molar-refractivity contribution in [2.24, 2.45) is 5.92 Å². The number of rotatable bonds is 6. The molecule has 1 saturated heterocycles. The van der Waals surface area contributed by atoms with Crippen LogP contribution in [0.2, 0.25) is 5.02 Å². The molecule has 6 nitrogen and oxygen atoms in total. The Labute approximate surface area is 178 Å². The molecule has 2 aromatic rings. The van der Waals surface area contributed by atoms with Crippen molar-refractivity contribution in [2.45, 2.75) is 31.3 Å². The molecule has 1 amide bonds. The first-order valence-corrected chi connectivity index (χ1v) is 11.1. The topological polar surface area (TPSA) is 75.7 Å². The number of hydrogen-bond acceptors (Lipinski definition) is 4. The largest absolute Gasteiger partial charge is 0.433 e. The molecule has 0 spiro atoms. The van der Waals surface area contributed by atoms with Crippen LogP contribution in [0, 0.1) is 12.8 Å². The van der Waals surface area contributed by atoms with Crippen molar-refractivity contribution < 1.29 is 26.7 Å². The minimum atomic E-state index is -3.60. The van der Waals surface area contributed by atoms with Crippen molar-refractivity contribution in [3.63, 3.8) is 0 Å². The molecule has 10 heteroatoms. The van der Waals surface area contributed by atoms with Gasteiger partial charge in [-0.3, -0.25) is 4.79 Å². The summed E-state index contributed by atoms with van der Waals surface area (Å²) < 4.78 is 55.8. The van der Waals surface area contributed by atoms with Gasteiger partial charge in [-0.2, -0.15) is 13.1 Å². The average Bonchev–Trinajstić information content (AvgIpc) is 2.70. The maximum atomic E-state index is 12.8. The van der Waals surface area contributed by atoms with Gasteiger partial charge in [-0.05, 0) is 50.1 Å². The molecule has 2 aromatic carbocycles. The van der Waals surface area contributed by atoms with Crippen LogP contribution in [0.3, 0.4) is 0 Å². The summed E-state index contributed by atoms with van der Waals surface area (Å²) in [4.78, 5) is 12.8. The summed E-state index contributed by atoms with van der Waals surface area (Å²) in [5, 5.41) is 2.64. The molecule has 30 heavy (non-hydrogen) atoms. The molecule has 1 aliphatic rings. The summed E-state index contributed by atoms with van der Waals surface area (Å²) in [5.41, 5.74) is 1.32. The molecule has 3 rings (SSSR count). The third kappa shape index (κ3) is 5.27. The van der Waals surface area contributed by atoms with E-state index >= 15 is 0 Å². The first kappa shape index (κ1) is 22.5. The Morgan fingerprint density at radius 2 is 1.80 bits per heavy atom. The molecule has 0 atom stereocenters. The highest BCUT2D eigenvalue weighted by Gasteiger charge is 2.32. The number of ether oxygens (including phenoxy) is 1. The molecule has 0 saturated carbocycles. The second kappa shape index (κ2) is 9.28. The van der Waals surface area contributed by atoms with Gasteiger partial charge in [0, 0.05) is 24.7 Å². The molecule has 0 radical (unpaired) electrons. The van der Waals surface area contributed by atoms with Crippen LogP contribution < -0.4 is 10.1 Å². The summed E-state index contributed by atoms with van der Waals surface area (Å²) >= 11 is 5.90. The zero-order valence-electron chi connectivity index (χ0n) is 16.1. The van der Waals surface area contributed by atoms with Crippen LogP contribution in [-0.4, -0.2) is 38.3 Å². The third-order valence-corrected chi connectivity index (χ3v) is 7.11. The third-order valence-electron chi connectivity index (χ3n) is 4.90. The van der Waals surface area contributed by atoms with Crippen LogP contribution in [0.5, 0.6) is 5.75 Å². The standard InChI is InChI=1S/C20H21ClF2N2O4S/c1-13-2-5-16(6-3-13)30(27,28)25-10-8-14(9-11-25)19(26)24-15-4-7-18(17(21)12-15)29-20(22)23/h2-7,12,14,20H,8-11H2,1H3,(H,24,26). The van der Waals surface area contributed by atoms with E-state index in [1.54, 1.807) is 24.3 Å². The van der Waals surface area contributed by atoms with Crippen molar-refractivity contribution in [3.05, 3.63) is 53.1 Å². The number of halogens is 3. The summed E-state index contributed by atoms with van der Waals surface area (Å²) in [6.45, 7) is -0.649. The van der Waals surface area contributed by atoms with Gasteiger partial charge in [-0.15, -0.1) is 0 Å². The second-order valence-electron chi connectivity index (χ2n) is 7.00. The lowest BCUT2D eigenvalue weighted by Gasteiger charge is -2.30. The molecular weight excluding hydrogens is 438 g/mol. The fourth-order valence-electron chi connectivity index (χ4n) is 3.23. The smallest absolute Gasteiger partial charge is 0.387 e. The van der Waals surface area contributed by atoms with Crippen molar-refractivity contribution in [3.8, 4) is 5.75 Å². The van der Waals surface area contributed by atoms with Crippen molar-refractivity contribution in [2.75, 3.05) is 18.4 Å². The van der Waals surface area contributed by atoms with Crippen LogP contribution >= 0.6 is 11.6 Å². The number of piperidine rings is 1. The number of carbonyl (C=O) groups excluding carboxylic acids is 1. The van der Waals surface area contributed by atoms with Crippen LogP contribution in [0.15, 0.2) is 47.4 Å². The minimum absolute atomic E-state index is 0.0490. The molecule has 1 N–H and O–H groups in total. The Morgan fingerprint density at radius 1 is 1.17 bits per heavy atom. The van der Waals surface area contributed by atoms with Crippen LogP contribution in [-0.2, 0) is 14.8 Å². The summed E-state index contributed by atoms with van der Waals surface area (Å²) in [7, 11) is -3.60. The fourth-order valence-corrected chi connectivity index (χ4v) is 4.93. The molecule has 0 bridgehead atoms.